The molecule has 7 nitrogen and oxygen atoms in total. The van der Waals surface area contributed by atoms with Crippen molar-refractivity contribution in [3.05, 3.63) is 75.4 Å². The Bertz CT molecular complexity index is 1190. The summed E-state index contributed by atoms with van der Waals surface area (Å²) in [5, 5.41) is 6.77. The van der Waals surface area contributed by atoms with Crippen LogP contribution in [0.25, 0.3) is 0 Å². The Hall–Kier alpha value is -2.88. The Labute approximate surface area is 183 Å². The number of nitrogens with one attached hydrogen (secondary N) is 2. The number of benzene rings is 2. The number of anilines is 1. The number of nitrogens with zero attached hydrogens (tertiary/aromatic N) is 1. The Kier molecular flexibility index (Phi) is 6.76. The van der Waals surface area contributed by atoms with Gasteiger partial charge in [-0.15, -0.1) is 11.3 Å². The summed E-state index contributed by atoms with van der Waals surface area (Å²) in [5.74, 6) is 0.274. The van der Waals surface area contributed by atoms with Crippen LogP contribution in [-0.2, 0) is 10.0 Å². The average molecular weight is 464 g/mol. The van der Waals surface area contributed by atoms with E-state index in [9.17, 15) is 13.2 Å². The molecular formula is C20H18ClN3O4S2. The number of halogens is 1. The molecule has 1 amide bonds. The zero-order chi connectivity index (χ0) is 21.7. The molecule has 0 radical (unpaired) electrons. The van der Waals surface area contributed by atoms with E-state index in [1.54, 1.807) is 55.5 Å². The Morgan fingerprint density at radius 1 is 1.10 bits per heavy atom. The van der Waals surface area contributed by atoms with Gasteiger partial charge in [0.15, 0.2) is 0 Å². The first-order valence-corrected chi connectivity index (χ1v) is 11.3. The maximum Gasteiger partial charge on any atom is 0.276 e. The van der Waals surface area contributed by atoms with Crippen molar-refractivity contribution in [2.24, 2.45) is 5.10 Å². The van der Waals surface area contributed by atoms with Gasteiger partial charge in [0.1, 0.15) is 5.75 Å². The first kappa shape index (κ1) is 21.8. The highest BCUT2D eigenvalue weighted by Gasteiger charge is 2.14. The van der Waals surface area contributed by atoms with E-state index in [0.29, 0.717) is 31.9 Å². The maximum absolute atomic E-state index is 12.4. The molecule has 0 unspecified atom stereocenters. The molecule has 0 aliphatic rings. The Morgan fingerprint density at radius 2 is 1.83 bits per heavy atom. The molecule has 1 heterocycles. The average Bonchev–Trinajstić information content (AvgIpc) is 3.19. The number of carbonyl (C=O) groups is 1. The molecular weight excluding hydrogens is 446 g/mol. The van der Waals surface area contributed by atoms with Gasteiger partial charge in [0.05, 0.1) is 26.9 Å². The lowest BCUT2D eigenvalue weighted by molar-refractivity contribution is 0.103. The summed E-state index contributed by atoms with van der Waals surface area (Å²) in [6, 6.07) is 16.2. The number of rotatable bonds is 7. The number of amides is 1. The summed E-state index contributed by atoms with van der Waals surface area (Å²) in [6.07, 6.45) is 0. The number of thiophene rings is 1. The molecule has 10 heteroatoms. The van der Waals surface area contributed by atoms with Crippen LogP contribution in [0.1, 0.15) is 22.2 Å². The van der Waals surface area contributed by atoms with Crippen molar-refractivity contribution in [3.63, 3.8) is 0 Å². The molecule has 3 rings (SSSR count). The number of carbonyl (C=O) groups excluding carboxylic acids is 1. The molecule has 2 N–H and O–H groups in total. The normalized spacial score (nSPS) is 11.8. The third kappa shape index (κ3) is 5.38. The topological polar surface area (TPSA) is 96.9 Å². The largest absolute Gasteiger partial charge is 0.497 e. The highest BCUT2D eigenvalue weighted by atomic mass is 35.5. The van der Waals surface area contributed by atoms with Crippen molar-refractivity contribution < 1.29 is 17.9 Å². The second kappa shape index (κ2) is 9.29. The minimum atomic E-state index is -3.83. The van der Waals surface area contributed by atoms with E-state index in [1.807, 2.05) is 0 Å². The van der Waals surface area contributed by atoms with Crippen LogP contribution < -0.4 is 14.9 Å². The van der Waals surface area contributed by atoms with E-state index >= 15 is 0 Å². The fraction of sp³-hybridized carbons (Fsp3) is 0.100. The molecule has 0 saturated heterocycles. The van der Waals surface area contributed by atoms with Crippen LogP contribution in [0.3, 0.4) is 0 Å². The number of sulfonamides is 1. The highest BCUT2D eigenvalue weighted by Crippen LogP contribution is 2.23. The van der Waals surface area contributed by atoms with Crippen LogP contribution in [0.5, 0.6) is 5.75 Å². The molecule has 0 saturated carbocycles. The van der Waals surface area contributed by atoms with Gasteiger partial charge in [-0.3, -0.25) is 4.79 Å². The molecule has 0 aliphatic heterocycles. The summed E-state index contributed by atoms with van der Waals surface area (Å²) in [6.45, 7) is 1.66. The van der Waals surface area contributed by atoms with Gasteiger partial charge in [-0.2, -0.15) is 18.4 Å². The van der Waals surface area contributed by atoms with Crippen molar-refractivity contribution >= 4 is 50.3 Å². The molecule has 0 spiro atoms. The predicted octanol–water partition coefficient (Wildman–Crippen LogP) is 4.36. The van der Waals surface area contributed by atoms with Crippen LogP contribution in [0.2, 0.25) is 4.34 Å². The van der Waals surface area contributed by atoms with Gasteiger partial charge in [0.2, 0.25) is 0 Å². The van der Waals surface area contributed by atoms with Gasteiger partial charge in [-0.05, 0) is 61.0 Å². The maximum atomic E-state index is 12.4. The van der Waals surface area contributed by atoms with Crippen molar-refractivity contribution in [2.75, 3.05) is 12.4 Å². The molecule has 3 aromatic rings. The number of hydrogen-bond donors (Lipinski definition) is 2. The minimum absolute atomic E-state index is 0.0653. The molecule has 0 aliphatic carbocycles. The smallest absolute Gasteiger partial charge is 0.276 e. The third-order valence-corrected chi connectivity index (χ3v) is 6.49. The van der Waals surface area contributed by atoms with Crippen molar-refractivity contribution in [3.8, 4) is 5.75 Å². The van der Waals surface area contributed by atoms with Crippen molar-refractivity contribution in [1.29, 1.82) is 0 Å². The molecule has 1 aromatic heterocycles. The fourth-order valence-corrected chi connectivity index (χ4v) is 4.25. The summed E-state index contributed by atoms with van der Waals surface area (Å²) in [7, 11) is -2.32. The van der Waals surface area contributed by atoms with Crippen molar-refractivity contribution in [1.82, 2.24) is 4.83 Å². The quantitative estimate of drug-likeness (QED) is 0.401. The van der Waals surface area contributed by atoms with Crippen LogP contribution in [-0.4, -0.2) is 27.1 Å². The number of methoxy groups -OCH3 is 1. The highest BCUT2D eigenvalue weighted by molar-refractivity contribution is 7.89. The number of hydrazone groups is 1. The standard InChI is InChI=1S/C20H18ClN3O4S2/c1-13(23-24-30(26,27)17-8-6-16(28-2)7-9-17)14-4-3-5-15(12-14)22-20(25)18-10-11-19(21)29-18/h3-12,24H,1-2H3,(H,22,25). The molecule has 30 heavy (non-hydrogen) atoms. The zero-order valence-electron chi connectivity index (χ0n) is 16.0. The van der Waals surface area contributed by atoms with Gasteiger partial charge < -0.3 is 10.1 Å². The summed E-state index contributed by atoms with van der Waals surface area (Å²) in [5.41, 5.74) is 1.63. The van der Waals surface area contributed by atoms with Crippen LogP contribution >= 0.6 is 22.9 Å². The van der Waals surface area contributed by atoms with Gasteiger partial charge in [0, 0.05) is 5.69 Å². The summed E-state index contributed by atoms with van der Waals surface area (Å²) in [4.78, 5) is 15.1. The van der Waals surface area contributed by atoms with Gasteiger partial charge in [-0.1, -0.05) is 23.7 Å². The second-order valence-corrected chi connectivity index (χ2v) is 9.48. The zero-order valence-corrected chi connectivity index (χ0v) is 18.4. The van der Waals surface area contributed by atoms with Crippen molar-refractivity contribution in [2.45, 2.75) is 11.8 Å². The first-order chi connectivity index (χ1) is 14.3. The lowest BCUT2D eigenvalue weighted by Gasteiger charge is -2.08. The molecule has 0 atom stereocenters. The second-order valence-electron chi connectivity index (χ2n) is 6.11. The van der Waals surface area contributed by atoms with E-state index in [2.05, 4.69) is 15.2 Å². The van der Waals surface area contributed by atoms with E-state index in [0.717, 1.165) is 0 Å². The molecule has 0 bridgehead atoms. The SMILES string of the molecule is COc1ccc(S(=O)(=O)NN=C(C)c2cccc(NC(=O)c3ccc(Cl)s3)c2)cc1. The Morgan fingerprint density at radius 3 is 2.47 bits per heavy atom. The van der Waals surface area contributed by atoms with Crippen LogP contribution in [0.4, 0.5) is 5.69 Å². The molecule has 0 fully saturated rings. The third-order valence-electron chi connectivity index (χ3n) is 4.04. The van der Waals surface area contributed by atoms with Crippen LogP contribution in [0, 0.1) is 0 Å². The fourth-order valence-electron chi connectivity index (χ4n) is 2.45. The summed E-state index contributed by atoms with van der Waals surface area (Å²) < 4.78 is 30.4. The first-order valence-electron chi connectivity index (χ1n) is 8.66. The van der Waals surface area contributed by atoms with E-state index in [-0.39, 0.29) is 10.8 Å². The minimum Gasteiger partial charge on any atom is -0.497 e. The molecule has 156 valence electrons. The lowest BCUT2D eigenvalue weighted by Crippen LogP contribution is -2.20. The van der Waals surface area contributed by atoms with E-state index in [1.165, 1.54) is 30.6 Å². The monoisotopic (exact) mass is 463 g/mol. The van der Waals surface area contributed by atoms with Gasteiger partial charge in [0.25, 0.3) is 15.9 Å². The Balaban J connectivity index is 1.72. The van der Waals surface area contributed by atoms with E-state index in [4.69, 9.17) is 16.3 Å². The van der Waals surface area contributed by atoms with Crippen LogP contribution in [0.15, 0.2) is 70.7 Å². The predicted molar refractivity (Wildman–Crippen MR) is 119 cm³/mol. The lowest BCUT2D eigenvalue weighted by atomic mass is 10.1. The summed E-state index contributed by atoms with van der Waals surface area (Å²) >= 11 is 7.05. The van der Waals surface area contributed by atoms with E-state index < -0.39 is 10.0 Å². The molecule has 2 aromatic carbocycles. The van der Waals surface area contributed by atoms with Gasteiger partial charge in [-0.25, -0.2) is 0 Å². The van der Waals surface area contributed by atoms with Gasteiger partial charge >= 0.3 is 0 Å². The number of hydrogen-bond acceptors (Lipinski definition) is 6. The number of ether oxygens (including phenoxy) is 1.